The van der Waals surface area contributed by atoms with Crippen LogP contribution in [0.1, 0.15) is 20.8 Å². The maximum absolute atomic E-state index is 10.8. The molecule has 5 nitrogen and oxygen atoms in total. The Bertz CT molecular complexity index is 267. The van der Waals surface area contributed by atoms with E-state index in [0.29, 0.717) is 0 Å². The van der Waals surface area contributed by atoms with Crippen molar-refractivity contribution in [2.24, 2.45) is 5.14 Å². The molecule has 0 aromatic heterocycles. The van der Waals surface area contributed by atoms with Crippen LogP contribution >= 0.6 is 0 Å². The molecular formula is C6H14LiNO4S. The van der Waals surface area contributed by atoms with E-state index in [1.165, 1.54) is 0 Å². The minimum absolute atomic E-state index is 0. The number of rotatable bonds is 2. The molecule has 0 rings (SSSR count). The predicted octanol–water partition coefficient (Wildman–Crippen LogP) is -1.03. The SMILES string of the molecule is CC(C)(C)OC(=O)CS(N)(=O)=O.[LiH]. The summed E-state index contributed by atoms with van der Waals surface area (Å²) >= 11 is 0. The number of carbonyl (C=O) groups is 1. The summed E-state index contributed by atoms with van der Waals surface area (Å²) in [6, 6.07) is 0. The fourth-order valence-corrected chi connectivity index (χ4v) is 0.923. The van der Waals surface area contributed by atoms with Crippen LogP contribution in [0.5, 0.6) is 0 Å². The van der Waals surface area contributed by atoms with Gasteiger partial charge in [-0.1, -0.05) is 0 Å². The van der Waals surface area contributed by atoms with E-state index in [0.717, 1.165) is 0 Å². The molecule has 0 aliphatic rings. The van der Waals surface area contributed by atoms with Crippen molar-refractivity contribution < 1.29 is 17.9 Å². The number of primary sulfonamides is 1. The topological polar surface area (TPSA) is 86.5 Å². The van der Waals surface area contributed by atoms with E-state index in [1.807, 2.05) is 0 Å². The second-order valence-electron chi connectivity index (χ2n) is 3.39. The number of hydrogen-bond donors (Lipinski definition) is 1. The maximum atomic E-state index is 10.8. The van der Waals surface area contributed by atoms with E-state index in [9.17, 15) is 13.2 Å². The zero-order valence-corrected chi connectivity index (χ0v) is 8.14. The molecule has 0 spiro atoms. The summed E-state index contributed by atoms with van der Waals surface area (Å²) in [5.41, 5.74) is -0.679. The summed E-state index contributed by atoms with van der Waals surface area (Å²) in [6.07, 6.45) is 0. The molecule has 0 amide bonds. The van der Waals surface area contributed by atoms with Crippen molar-refractivity contribution in [1.82, 2.24) is 0 Å². The molecule has 0 aliphatic heterocycles. The number of hydrogen-bond acceptors (Lipinski definition) is 4. The molecule has 0 aromatic rings. The van der Waals surface area contributed by atoms with Crippen molar-refractivity contribution in [3.05, 3.63) is 0 Å². The van der Waals surface area contributed by atoms with E-state index in [2.05, 4.69) is 5.14 Å². The first-order valence-corrected chi connectivity index (χ1v) is 5.04. The van der Waals surface area contributed by atoms with Crippen molar-refractivity contribution in [2.45, 2.75) is 26.4 Å². The Morgan fingerprint density at radius 1 is 1.38 bits per heavy atom. The first kappa shape index (κ1) is 15.4. The van der Waals surface area contributed by atoms with Gasteiger partial charge >= 0.3 is 24.8 Å². The fourth-order valence-electron chi connectivity index (χ4n) is 0.535. The van der Waals surface area contributed by atoms with Crippen LogP contribution in [0.25, 0.3) is 0 Å². The Kier molecular flexibility index (Phi) is 5.95. The molecule has 0 aliphatic carbocycles. The summed E-state index contributed by atoms with van der Waals surface area (Å²) in [5.74, 6) is -1.60. The summed E-state index contributed by atoms with van der Waals surface area (Å²) in [6.45, 7) is 4.94. The number of nitrogens with two attached hydrogens (primary N) is 1. The van der Waals surface area contributed by atoms with Gasteiger partial charge in [0.2, 0.25) is 10.0 Å². The van der Waals surface area contributed by atoms with Crippen LogP contribution in [0.3, 0.4) is 0 Å². The summed E-state index contributed by atoms with van der Waals surface area (Å²) in [5, 5.41) is 4.63. The van der Waals surface area contributed by atoms with Gasteiger partial charge in [-0.3, -0.25) is 4.79 Å². The molecule has 0 unspecified atom stereocenters. The van der Waals surface area contributed by atoms with Gasteiger partial charge in [0.05, 0.1) is 0 Å². The number of sulfonamides is 1. The monoisotopic (exact) mass is 203 g/mol. The normalized spacial score (nSPS) is 11.7. The molecule has 0 saturated carbocycles. The van der Waals surface area contributed by atoms with Gasteiger partial charge in [0.1, 0.15) is 5.60 Å². The zero-order valence-electron chi connectivity index (χ0n) is 7.33. The third-order valence-corrected chi connectivity index (χ3v) is 1.38. The van der Waals surface area contributed by atoms with E-state index in [-0.39, 0.29) is 18.9 Å². The third kappa shape index (κ3) is 12.0. The van der Waals surface area contributed by atoms with E-state index >= 15 is 0 Å². The van der Waals surface area contributed by atoms with Gasteiger partial charge in [0.15, 0.2) is 5.75 Å². The van der Waals surface area contributed by atoms with Crippen LogP contribution in [-0.4, -0.2) is 44.6 Å². The molecule has 2 N–H and O–H groups in total. The van der Waals surface area contributed by atoms with Crippen LogP contribution in [0.2, 0.25) is 0 Å². The van der Waals surface area contributed by atoms with Crippen molar-refractivity contribution in [1.29, 1.82) is 0 Å². The van der Waals surface area contributed by atoms with Crippen LogP contribution in [0.15, 0.2) is 0 Å². The Hall–Kier alpha value is -0.0226. The van der Waals surface area contributed by atoms with Gasteiger partial charge in [-0.2, -0.15) is 0 Å². The van der Waals surface area contributed by atoms with Gasteiger partial charge in [-0.05, 0) is 20.8 Å². The quantitative estimate of drug-likeness (QED) is 0.459. The molecule has 0 atom stereocenters. The molecule has 0 aromatic carbocycles. The molecule has 0 saturated heterocycles. The fraction of sp³-hybridized carbons (Fsp3) is 0.833. The van der Waals surface area contributed by atoms with Crippen molar-refractivity contribution in [2.75, 3.05) is 5.75 Å². The molecule has 7 heteroatoms. The summed E-state index contributed by atoms with van der Waals surface area (Å²) in [4.78, 5) is 10.8. The third-order valence-electron chi connectivity index (χ3n) is 0.739. The van der Waals surface area contributed by atoms with Gasteiger partial charge < -0.3 is 4.74 Å². The molecule has 74 valence electrons. The van der Waals surface area contributed by atoms with Crippen molar-refractivity contribution >= 4 is 34.9 Å². The second-order valence-corrected chi connectivity index (χ2v) is 5.01. The Balaban J connectivity index is 0. The number of carbonyl (C=O) groups excluding carboxylic acids is 1. The Morgan fingerprint density at radius 3 is 2.00 bits per heavy atom. The van der Waals surface area contributed by atoms with Crippen LogP contribution < -0.4 is 5.14 Å². The Labute approximate surface area is 90.2 Å². The number of ether oxygens (including phenoxy) is 1. The van der Waals surface area contributed by atoms with Gasteiger partial charge in [-0.25, -0.2) is 13.6 Å². The Morgan fingerprint density at radius 2 is 1.77 bits per heavy atom. The molecule has 13 heavy (non-hydrogen) atoms. The minimum atomic E-state index is -3.77. The molecule has 0 bridgehead atoms. The number of esters is 1. The average molecular weight is 203 g/mol. The molecule has 0 heterocycles. The van der Waals surface area contributed by atoms with Crippen LogP contribution in [-0.2, 0) is 19.6 Å². The summed E-state index contributed by atoms with van der Waals surface area (Å²) in [7, 11) is -3.77. The van der Waals surface area contributed by atoms with Crippen molar-refractivity contribution in [3.63, 3.8) is 0 Å². The van der Waals surface area contributed by atoms with Gasteiger partial charge in [0.25, 0.3) is 0 Å². The molecule has 0 radical (unpaired) electrons. The molecule has 0 fully saturated rings. The first-order valence-electron chi connectivity index (χ1n) is 3.32. The summed E-state index contributed by atoms with van der Waals surface area (Å²) < 4.78 is 25.5. The second kappa shape index (κ2) is 5.01. The van der Waals surface area contributed by atoms with Crippen LogP contribution in [0.4, 0.5) is 0 Å². The average Bonchev–Trinajstić information content (AvgIpc) is 1.49. The predicted molar refractivity (Wildman–Crippen MR) is 51.0 cm³/mol. The van der Waals surface area contributed by atoms with E-state index < -0.39 is 27.3 Å². The standard InChI is InChI=1S/C6H13NO4S.Li.H/c1-6(2,3)11-5(8)4-12(7,9)10;;/h4H2,1-3H3,(H2,7,9,10);;. The van der Waals surface area contributed by atoms with Crippen LogP contribution in [0, 0.1) is 0 Å². The first-order chi connectivity index (χ1) is 5.10. The van der Waals surface area contributed by atoms with Crippen molar-refractivity contribution in [3.8, 4) is 0 Å². The van der Waals surface area contributed by atoms with Gasteiger partial charge in [-0.15, -0.1) is 0 Å². The van der Waals surface area contributed by atoms with E-state index in [1.54, 1.807) is 20.8 Å². The molecular weight excluding hydrogens is 189 g/mol. The van der Waals surface area contributed by atoms with Gasteiger partial charge in [0, 0.05) is 0 Å². The van der Waals surface area contributed by atoms with E-state index in [4.69, 9.17) is 4.74 Å². The zero-order chi connectivity index (χ0) is 9.99.